The highest BCUT2D eigenvalue weighted by atomic mass is 16.3. The topological polar surface area (TPSA) is 70.1 Å². The van der Waals surface area contributed by atoms with Crippen molar-refractivity contribution in [2.75, 3.05) is 24.2 Å². The van der Waals surface area contributed by atoms with Crippen molar-refractivity contribution in [2.24, 2.45) is 0 Å². The monoisotopic (exact) mass is 264 g/mol. The van der Waals surface area contributed by atoms with Gasteiger partial charge in [0, 0.05) is 25.6 Å². The standard InChI is InChI=1S/C14H24N4O/c1-4-14(19,5-2)9-16-12-8-11(15-3)17-13(18-12)10-6-7-10/h8,10,19H,4-7,9H2,1-3H3,(H2,15,16,17,18). The van der Waals surface area contributed by atoms with E-state index in [9.17, 15) is 5.11 Å². The molecule has 1 heterocycles. The van der Waals surface area contributed by atoms with Crippen molar-refractivity contribution in [1.29, 1.82) is 0 Å². The Morgan fingerprint density at radius 2 is 1.89 bits per heavy atom. The molecule has 1 aromatic heterocycles. The summed E-state index contributed by atoms with van der Waals surface area (Å²) in [6.07, 6.45) is 3.83. The number of nitrogens with one attached hydrogen (secondary N) is 2. The van der Waals surface area contributed by atoms with Gasteiger partial charge in [0.2, 0.25) is 0 Å². The van der Waals surface area contributed by atoms with E-state index in [2.05, 4.69) is 20.6 Å². The van der Waals surface area contributed by atoms with E-state index in [4.69, 9.17) is 0 Å². The van der Waals surface area contributed by atoms with E-state index >= 15 is 0 Å². The largest absolute Gasteiger partial charge is 0.388 e. The van der Waals surface area contributed by atoms with E-state index in [1.54, 1.807) is 0 Å². The third-order valence-electron chi connectivity index (χ3n) is 3.86. The van der Waals surface area contributed by atoms with Crippen LogP contribution in [-0.4, -0.2) is 34.3 Å². The van der Waals surface area contributed by atoms with Gasteiger partial charge in [0.05, 0.1) is 5.60 Å². The summed E-state index contributed by atoms with van der Waals surface area (Å²) in [7, 11) is 1.86. The number of hydrogen-bond donors (Lipinski definition) is 3. The molecule has 0 spiro atoms. The molecule has 0 amide bonds. The van der Waals surface area contributed by atoms with Crippen molar-refractivity contribution in [3.8, 4) is 0 Å². The summed E-state index contributed by atoms with van der Waals surface area (Å²) in [4.78, 5) is 9.02. The number of anilines is 2. The van der Waals surface area contributed by atoms with Crippen LogP contribution in [0, 0.1) is 0 Å². The maximum absolute atomic E-state index is 10.3. The van der Waals surface area contributed by atoms with Crippen LogP contribution in [0.25, 0.3) is 0 Å². The minimum absolute atomic E-state index is 0.518. The first-order valence-corrected chi connectivity index (χ1v) is 7.13. The number of aromatic nitrogens is 2. The molecule has 106 valence electrons. The summed E-state index contributed by atoms with van der Waals surface area (Å²) < 4.78 is 0. The van der Waals surface area contributed by atoms with Crippen LogP contribution in [0.5, 0.6) is 0 Å². The van der Waals surface area contributed by atoms with E-state index in [0.717, 1.165) is 30.3 Å². The van der Waals surface area contributed by atoms with Crippen LogP contribution in [0.15, 0.2) is 6.07 Å². The average Bonchev–Trinajstić information content (AvgIpc) is 3.29. The predicted octanol–water partition coefficient (Wildman–Crippen LogP) is 2.36. The van der Waals surface area contributed by atoms with Crippen molar-refractivity contribution < 1.29 is 5.11 Å². The molecule has 0 saturated heterocycles. The molecular weight excluding hydrogens is 240 g/mol. The van der Waals surface area contributed by atoms with Crippen LogP contribution >= 0.6 is 0 Å². The van der Waals surface area contributed by atoms with Crippen LogP contribution in [0.1, 0.15) is 51.3 Å². The molecule has 0 atom stereocenters. The molecule has 1 aliphatic rings. The smallest absolute Gasteiger partial charge is 0.136 e. The Hall–Kier alpha value is -1.36. The summed E-state index contributed by atoms with van der Waals surface area (Å²) in [5.74, 6) is 3.05. The Bertz CT molecular complexity index is 427. The summed E-state index contributed by atoms with van der Waals surface area (Å²) in [6, 6.07) is 1.89. The van der Waals surface area contributed by atoms with Crippen molar-refractivity contribution in [2.45, 2.75) is 51.0 Å². The molecule has 19 heavy (non-hydrogen) atoms. The van der Waals surface area contributed by atoms with Crippen molar-refractivity contribution in [1.82, 2.24) is 9.97 Å². The van der Waals surface area contributed by atoms with Gasteiger partial charge in [0.15, 0.2) is 0 Å². The zero-order chi connectivity index (χ0) is 13.9. The second-order valence-corrected chi connectivity index (χ2v) is 5.31. The molecule has 5 nitrogen and oxygen atoms in total. The summed E-state index contributed by atoms with van der Waals surface area (Å²) in [5.41, 5.74) is -0.662. The molecule has 1 saturated carbocycles. The molecular formula is C14H24N4O. The SMILES string of the molecule is CCC(O)(CC)CNc1cc(NC)nc(C2CC2)n1. The highest BCUT2D eigenvalue weighted by molar-refractivity contribution is 5.48. The Balaban J connectivity index is 2.08. The summed E-state index contributed by atoms with van der Waals surface area (Å²) in [6.45, 7) is 4.52. The van der Waals surface area contributed by atoms with Gasteiger partial charge in [-0.1, -0.05) is 13.8 Å². The van der Waals surface area contributed by atoms with Crippen LogP contribution in [0.2, 0.25) is 0 Å². The minimum atomic E-state index is -0.662. The lowest BCUT2D eigenvalue weighted by Gasteiger charge is -2.25. The third kappa shape index (κ3) is 3.56. The van der Waals surface area contributed by atoms with E-state index < -0.39 is 5.60 Å². The van der Waals surface area contributed by atoms with Crippen molar-refractivity contribution in [3.63, 3.8) is 0 Å². The first-order valence-electron chi connectivity index (χ1n) is 7.13. The number of nitrogens with zero attached hydrogens (tertiary/aromatic N) is 2. The minimum Gasteiger partial charge on any atom is -0.388 e. The Morgan fingerprint density at radius 1 is 1.26 bits per heavy atom. The van der Waals surface area contributed by atoms with Crippen LogP contribution in [0.3, 0.4) is 0 Å². The molecule has 5 heteroatoms. The van der Waals surface area contributed by atoms with Gasteiger partial charge >= 0.3 is 0 Å². The maximum Gasteiger partial charge on any atom is 0.136 e. The Kier molecular flexibility index (Phi) is 4.24. The lowest BCUT2D eigenvalue weighted by atomic mass is 9.98. The molecule has 0 unspecified atom stereocenters. The van der Waals surface area contributed by atoms with Gasteiger partial charge in [0.1, 0.15) is 17.5 Å². The molecule has 1 aliphatic carbocycles. The van der Waals surface area contributed by atoms with Gasteiger partial charge in [-0.05, 0) is 25.7 Å². The van der Waals surface area contributed by atoms with Gasteiger partial charge in [-0.25, -0.2) is 9.97 Å². The lowest BCUT2D eigenvalue weighted by Crippen LogP contribution is -2.35. The lowest BCUT2D eigenvalue weighted by molar-refractivity contribution is 0.0456. The predicted molar refractivity (Wildman–Crippen MR) is 77.6 cm³/mol. The quantitative estimate of drug-likeness (QED) is 0.705. The molecule has 0 aliphatic heterocycles. The molecule has 0 bridgehead atoms. The molecule has 1 fully saturated rings. The number of aliphatic hydroxyl groups is 1. The van der Waals surface area contributed by atoms with Gasteiger partial charge in [-0.3, -0.25) is 0 Å². The van der Waals surface area contributed by atoms with Crippen molar-refractivity contribution >= 4 is 11.6 Å². The van der Waals surface area contributed by atoms with Gasteiger partial charge < -0.3 is 15.7 Å². The van der Waals surface area contributed by atoms with Crippen LogP contribution in [-0.2, 0) is 0 Å². The zero-order valence-corrected chi connectivity index (χ0v) is 12.0. The normalized spacial score (nSPS) is 15.4. The van der Waals surface area contributed by atoms with E-state index in [1.165, 1.54) is 12.8 Å². The average molecular weight is 264 g/mol. The van der Waals surface area contributed by atoms with Gasteiger partial charge in [-0.2, -0.15) is 0 Å². The fraction of sp³-hybridized carbons (Fsp3) is 0.714. The van der Waals surface area contributed by atoms with E-state index in [-0.39, 0.29) is 0 Å². The van der Waals surface area contributed by atoms with Gasteiger partial charge in [-0.15, -0.1) is 0 Å². The highest BCUT2D eigenvalue weighted by Gasteiger charge is 2.28. The van der Waals surface area contributed by atoms with E-state index in [1.807, 2.05) is 27.0 Å². The molecule has 1 aromatic rings. The third-order valence-corrected chi connectivity index (χ3v) is 3.86. The van der Waals surface area contributed by atoms with Gasteiger partial charge in [0.25, 0.3) is 0 Å². The zero-order valence-electron chi connectivity index (χ0n) is 12.0. The molecule has 2 rings (SSSR count). The first-order chi connectivity index (χ1) is 9.10. The maximum atomic E-state index is 10.3. The molecule has 0 radical (unpaired) electrons. The fourth-order valence-electron chi connectivity index (χ4n) is 1.96. The summed E-state index contributed by atoms with van der Waals surface area (Å²) >= 11 is 0. The Morgan fingerprint density at radius 3 is 2.42 bits per heavy atom. The second-order valence-electron chi connectivity index (χ2n) is 5.31. The molecule has 0 aromatic carbocycles. The van der Waals surface area contributed by atoms with Crippen molar-refractivity contribution in [3.05, 3.63) is 11.9 Å². The summed E-state index contributed by atoms with van der Waals surface area (Å²) in [5, 5.41) is 16.6. The number of rotatable bonds is 7. The van der Waals surface area contributed by atoms with E-state index in [0.29, 0.717) is 12.5 Å². The first kappa shape index (κ1) is 14.1. The molecule has 3 N–H and O–H groups in total. The van der Waals surface area contributed by atoms with Crippen LogP contribution < -0.4 is 10.6 Å². The fourth-order valence-corrected chi connectivity index (χ4v) is 1.96. The van der Waals surface area contributed by atoms with Crippen LogP contribution in [0.4, 0.5) is 11.6 Å². The second kappa shape index (κ2) is 5.74. The highest BCUT2D eigenvalue weighted by Crippen LogP contribution is 2.38. The Labute approximate surface area is 114 Å². The number of hydrogen-bond acceptors (Lipinski definition) is 5.